The second kappa shape index (κ2) is 9.69. The van der Waals surface area contributed by atoms with Crippen molar-refractivity contribution in [2.75, 3.05) is 19.0 Å². The molecule has 0 amide bonds. The van der Waals surface area contributed by atoms with Crippen molar-refractivity contribution in [1.29, 1.82) is 0 Å². The third-order valence-corrected chi connectivity index (χ3v) is 6.36. The third kappa shape index (κ3) is 6.61. The van der Waals surface area contributed by atoms with Crippen LogP contribution in [0.1, 0.15) is 40.0 Å². The zero-order chi connectivity index (χ0) is 11.6. The normalized spacial score (nSPS) is 12.0. The van der Waals surface area contributed by atoms with E-state index in [-0.39, 0.29) is 0 Å². The first kappa shape index (κ1) is 15.5. The molecule has 0 saturated heterocycles. The van der Waals surface area contributed by atoms with E-state index in [9.17, 15) is 0 Å². The van der Waals surface area contributed by atoms with Gasteiger partial charge in [-0.1, -0.05) is 20.8 Å². The molecule has 0 saturated carbocycles. The first-order valence-corrected chi connectivity index (χ1v) is 8.99. The Balaban J connectivity index is 4.16. The molecule has 0 aliphatic carbocycles. The van der Waals surface area contributed by atoms with Crippen LogP contribution < -0.4 is 0 Å². The summed E-state index contributed by atoms with van der Waals surface area (Å²) in [5, 5.41) is 0. The molecule has 0 spiro atoms. The van der Waals surface area contributed by atoms with Crippen LogP contribution in [-0.2, 0) is 8.85 Å². The predicted octanol–water partition coefficient (Wildman–Crippen LogP) is 3.62. The Labute approximate surface area is 101 Å². The van der Waals surface area contributed by atoms with Gasteiger partial charge in [-0.15, -0.1) is 0 Å². The van der Waals surface area contributed by atoms with Crippen LogP contribution in [0.2, 0.25) is 12.1 Å². The number of rotatable bonds is 10. The average molecular weight is 250 g/mol. The van der Waals surface area contributed by atoms with E-state index in [1.807, 2.05) is 0 Å². The molecule has 92 valence electrons. The Bertz CT molecular complexity index is 123. The summed E-state index contributed by atoms with van der Waals surface area (Å²) in [6.45, 7) is 8.17. The maximum atomic E-state index is 6.01. The lowest BCUT2D eigenvalue weighted by Gasteiger charge is -2.29. The van der Waals surface area contributed by atoms with Gasteiger partial charge in [-0.25, -0.2) is 0 Å². The molecule has 0 aromatic carbocycles. The summed E-state index contributed by atoms with van der Waals surface area (Å²) in [7, 11) is -1.88. The van der Waals surface area contributed by atoms with Gasteiger partial charge in [0, 0.05) is 13.2 Å². The Hall–Kier alpha value is 0.487. The molecule has 0 aliphatic heterocycles. The van der Waals surface area contributed by atoms with E-state index in [2.05, 4.69) is 33.4 Å². The highest BCUT2D eigenvalue weighted by atomic mass is 32.1. The Morgan fingerprint density at radius 2 is 1.53 bits per heavy atom. The van der Waals surface area contributed by atoms with Crippen LogP contribution in [0.25, 0.3) is 0 Å². The van der Waals surface area contributed by atoms with Gasteiger partial charge in [0.05, 0.1) is 0 Å². The van der Waals surface area contributed by atoms with Crippen molar-refractivity contribution in [2.45, 2.75) is 52.1 Å². The first-order valence-electron chi connectivity index (χ1n) is 6.13. The van der Waals surface area contributed by atoms with Gasteiger partial charge in [0.25, 0.3) is 0 Å². The smallest absolute Gasteiger partial charge is 0.337 e. The van der Waals surface area contributed by atoms with E-state index in [1.54, 1.807) is 0 Å². The zero-order valence-electron chi connectivity index (χ0n) is 10.4. The van der Waals surface area contributed by atoms with Gasteiger partial charge in [-0.2, -0.15) is 12.6 Å². The van der Waals surface area contributed by atoms with Gasteiger partial charge in [-0.3, -0.25) is 0 Å². The predicted molar refractivity (Wildman–Crippen MR) is 72.0 cm³/mol. The van der Waals surface area contributed by atoms with Crippen molar-refractivity contribution in [1.82, 2.24) is 0 Å². The van der Waals surface area contributed by atoms with E-state index >= 15 is 0 Å². The summed E-state index contributed by atoms with van der Waals surface area (Å²) in [6, 6.07) is 2.15. The van der Waals surface area contributed by atoms with Crippen molar-refractivity contribution in [3.8, 4) is 0 Å². The molecule has 0 radical (unpaired) electrons. The molecular formula is C11H26O2SSi. The van der Waals surface area contributed by atoms with Crippen molar-refractivity contribution in [3.63, 3.8) is 0 Å². The Morgan fingerprint density at radius 1 is 1.00 bits per heavy atom. The number of hydrogen-bond donors (Lipinski definition) is 1. The summed E-state index contributed by atoms with van der Waals surface area (Å²) in [6.07, 6.45) is 3.26. The van der Waals surface area contributed by atoms with Crippen molar-refractivity contribution < 1.29 is 8.85 Å². The lowest BCUT2D eigenvalue weighted by Crippen LogP contribution is -2.42. The molecule has 0 fully saturated rings. The van der Waals surface area contributed by atoms with Gasteiger partial charge in [0.2, 0.25) is 0 Å². The van der Waals surface area contributed by atoms with E-state index in [4.69, 9.17) is 8.85 Å². The second-order valence-corrected chi connectivity index (χ2v) is 7.84. The monoisotopic (exact) mass is 250 g/mol. The summed E-state index contributed by atoms with van der Waals surface area (Å²) in [5.74, 6) is 0.930. The van der Waals surface area contributed by atoms with E-state index in [1.165, 1.54) is 0 Å². The van der Waals surface area contributed by atoms with Crippen LogP contribution in [0.5, 0.6) is 0 Å². The molecule has 0 aromatic heterocycles. The van der Waals surface area contributed by atoms with Crippen molar-refractivity contribution in [3.05, 3.63) is 0 Å². The topological polar surface area (TPSA) is 18.5 Å². The van der Waals surface area contributed by atoms with E-state index in [0.29, 0.717) is 0 Å². The Morgan fingerprint density at radius 3 is 1.87 bits per heavy atom. The maximum absolute atomic E-state index is 6.01. The third-order valence-electron chi connectivity index (χ3n) is 2.39. The average Bonchev–Trinajstić information content (AvgIpc) is 2.29. The van der Waals surface area contributed by atoms with Crippen LogP contribution in [-0.4, -0.2) is 27.5 Å². The summed E-state index contributed by atoms with van der Waals surface area (Å²) in [4.78, 5) is 0. The molecule has 0 atom stereocenters. The maximum Gasteiger partial charge on any atom is 0.337 e. The molecule has 0 rings (SSSR count). The fourth-order valence-corrected chi connectivity index (χ4v) is 4.95. The number of hydrogen-bond acceptors (Lipinski definition) is 3. The summed E-state index contributed by atoms with van der Waals surface area (Å²) in [5.41, 5.74) is 0. The summed E-state index contributed by atoms with van der Waals surface area (Å²) >= 11 is 4.26. The van der Waals surface area contributed by atoms with Gasteiger partial charge in [-0.05, 0) is 37.1 Å². The highest BCUT2D eigenvalue weighted by molar-refractivity contribution is 7.80. The minimum Gasteiger partial charge on any atom is -0.394 e. The quantitative estimate of drug-likeness (QED) is 0.471. The zero-order valence-corrected chi connectivity index (χ0v) is 12.3. The molecule has 15 heavy (non-hydrogen) atoms. The van der Waals surface area contributed by atoms with E-state index < -0.39 is 8.56 Å². The molecule has 2 nitrogen and oxygen atoms in total. The molecule has 0 bridgehead atoms. The van der Waals surface area contributed by atoms with Crippen LogP contribution >= 0.6 is 12.6 Å². The standard InChI is InChI=1S/C11H26O2SSi/c1-4-8-12-15(6-3,11-7-10-14)13-9-5-2/h14H,4-11H2,1-3H3. The van der Waals surface area contributed by atoms with Crippen molar-refractivity contribution in [2.24, 2.45) is 0 Å². The summed E-state index contributed by atoms with van der Waals surface area (Å²) < 4.78 is 12.0. The van der Waals surface area contributed by atoms with Crippen LogP contribution in [0.3, 0.4) is 0 Å². The minimum absolute atomic E-state index is 0.844. The van der Waals surface area contributed by atoms with Gasteiger partial charge >= 0.3 is 8.56 Å². The molecule has 0 heterocycles. The molecule has 4 heteroatoms. The van der Waals surface area contributed by atoms with Crippen LogP contribution in [0.4, 0.5) is 0 Å². The van der Waals surface area contributed by atoms with Gasteiger partial charge < -0.3 is 8.85 Å². The van der Waals surface area contributed by atoms with Crippen LogP contribution in [0, 0.1) is 0 Å². The highest BCUT2D eigenvalue weighted by Gasteiger charge is 2.34. The highest BCUT2D eigenvalue weighted by Crippen LogP contribution is 2.21. The van der Waals surface area contributed by atoms with Crippen LogP contribution in [0.15, 0.2) is 0 Å². The molecule has 0 aromatic rings. The lowest BCUT2D eigenvalue weighted by atomic mass is 10.5. The minimum atomic E-state index is -1.88. The fraction of sp³-hybridized carbons (Fsp3) is 1.00. The lowest BCUT2D eigenvalue weighted by molar-refractivity contribution is 0.168. The van der Waals surface area contributed by atoms with Crippen molar-refractivity contribution >= 4 is 21.2 Å². The first-order chi connectivity index (χ1) is 7.24. The van der Waals surface area contributed by atoms with Gasteiger partial charge in [0.1, 0.15) is 0 Å². The SMILES string of the molecule is CCCO[Si](CC)(CCCS)OCCC. The Kier molecular flexibility index (Phi) is 10.0. The second-order valence-electron chi connectivity index (χ2n) is 3.79. The largest absolute Gasteiger partial charge is 0.394 e. The number of thiol groups is 1. The molecule has 0 unspecified atom stereocenters. The molecule has 0 aliphatic rings. The molecule has 0 N–H and O–H groups in total. The van der Waals surface area contributed by atoms with E-state index in [0.717, 1.165) is 50.3 Å². The molecular weight excluding hydrogens is 224 g/mol. The van der Waals surface area contributed by atoms with Gasteiger partial charge in [0.15, 0.2) is 0 Å². The fourth-order valence-electron chi connectivity index (χ4n) is 1.49.